The molecule has 1 unspecified atom stereocenters. The number of aromatic hydroxyl groups is 1. The lowest BCUT2D eigenvalue weighted by atomic mass is 9.75. The molecule has 2 rings (SSSR count). The predicted octanol–water partition coefficient (Wildman–Crippen LogP) is 3.05. The second-order valence-corrected chi connectivity index (χ2v) is 5.50. The molecule has 1 aliphatic rings. The van der Waals surface area contributed by atoms with Crippen molar-refractivity contribution < 1.29 is 9.90 Å². The van der Waals surface area contributed by atoms with Crippen LogP contribution in [-0.2, 0) is 10.2 Å². The summed E-state index contributed by atoms with van der Waals surface area (Å²) < 4.78 is 0.737. The molecule has 4 heteroatoms. The van der Waals surface area contributed by atoms with Crippen LogP contribution in [0.25, 0.3) is 0 Å². The van der Waals surface area contributed by atoms with Gasteiger partial charge in [0.25, 0.3) is 0 Å². The molecule has 3 nitrogen and oxygen atoms in total. The molecule has 18 heavy (non-hydrogen) atoms. The molecule has 0 radical (unpaired) electrons. The Morgan fingerprint density at radius 2 is 2.28 bits per heavy atom. The zero-order valence-electron chi connectivity index (χ0n) is 10.5. The minimum atomic E-state index is -0.418. The third-order valence-corrected chi connectivity index (χ3v) is 4.55. The van der Waals surface area contributed by atoms with E-state index in [0.717, 1.165) is 35.9 Å². The number of carbonyl (C=O) groups is 1. The molecule has 0 bridgehead atoms. The zero-order chi connectivity index (χ0) is 13.2. The summed E-state index contributed by atoms with van der Waals surface area (Å²) in [5.74, 6) is 0.452. The van der Waals surface area contributed by atoms with Gasteiger partial charge in [0, 0.05) is 6.54 Å². The molecule has 1 atom stereocenters. The Morgan fingerprint density at radius 3 is 2.83 bits per heavy atom. The fraction of sp³-hybridized carbons (Fsp3) is 0.500. The first-order chi connectivity index (χ1) is 8.64. The number of hydrogen-bond acceptors (Lipinski definition) is 2. The zero-order valence-corrected chi connectivity index (χ0v) is 12.7. The smallest absolute Gasteiger partial charge is 0.233 e. The van der Waals surface area contributed by atoms with Gasteiger partial charge in [0.1, 0.15) is 5.75 Å². The van der Waals surface area contributed by atoms with Crippen molar-refractivity contribution in [3.63, 3.8) is 0 Å². The lowest BCUT2D eigenvalue weighted by Gasteiger charge is -2.27. The molecule has 1 aliphatic heterocycles. The van der Waals surface area contributed by atoms with Crippen LogP contribution >= 0.6 is 22.6 Å². The van der Waals surface area contributed by atoms with Crippen molar-refractivity contribution >= 4 is 28.5 Å². The van der Waals surface area contributed by atoms with Gasteiger partial charge >= 0.3 is 0 Å². The molecule has 1 heterocycles. The first kappa shape index (κ1) is 13.6. The van der Waals surface area contributed by atoms with Crippen LogP contribution in [0, 0.1) is 0 Å². The molecule has 1 aromatic rings. The SMILES string of the molecule is CCCC1(c2cccc(O)c2)CCN(CI)C1=O. The number of carbonyl (C=O) groups excluding carboxylic acids is 1. The van der Waals surface area contributed by atoms with Crippen LogP contribution < -0.4 is 0 Å². The third kappa shape index (κ3) is 2.22. The fourth-order valence-electron chi connectivity index (χ4n) is 2.83. The second-order valence-electron chi connectivity index (χ2n) is 4.82. The number of phenolic OH excluding ortho intramolecular Hbond substituents is 1. The largest absolute Gasteiger partial charge is 0.508 e. The van der Waals surface area contributed by atoms with E-state index in [2.05, 4.69) is 29.5 Å². The van der Waals surface area contributed by atoms with Gasteiger partial charge in [0.2, 0.25) is 5.91 Å². The Bertz CT molecular complexity index is 449. The highest BCUT2D eigenvalue weighted by atomic mass is 127. The van der Waals surface area contributed by atoms with E-state index < -0.39 is 5.41 Å². The first-order valence-corrected chi connectivity index (χ1v) is 7.81. The quantitative estimate of drug-likeness (QED) is 0.510. The summed E-state index contributed by atoms with van der Waals surface area (Å²) in [5, 5.41) is 9.64. The Balaban J connectivity index is 2.42. The van der Waals surface area contributed by atoms with E-state index in [1.54, 1.807) is 12.1 Å². The number of nitrogens with zero attached hydrogens (tertiary/aromatic N) is 1. The van der Waals surface area contributed by atoms with E-state index in [-0.39, 0.29) is 11.7 Å². The van der Waals surface area contributed by atoms with Gasteiger partial charge in [-0.15, -0.1) is 0 Å². The highest BCUT2D eigenvalue weighted by molar-refractivity contribution is 14.1. The second kappa shape index (κ2) is 5.47. The Kier molecular flexibility index (Phi) is 4.14. The number of rotatable bonds is 4. The molecule has 98 valence electrons. The monoisotopic (exact) mass is 359 g/mol. The maximum absolute atomic E-state index is 12.6. The summed E-state index contributed by atoms with van der Waals surface area (Å²) in [6.07, 6.45) is 2.67. The fourth-order valence-corrected chi connectivity index (χ4v) is 3.48. The number of benzene rings is 1. The standard InChI is InChI=1S/C14H18INO2/c1-2-6-14(7-8-16(10-15)13(14)18)11-4-3-5-12(17)9-11/h3-5,9,17H,2,6-8,10H2,1H3. The van der Waals surface area contributed by atoms with Crippen LogP contribution in [0.2, 0.25) is 0 Å². The van der Waals surface area contributed by atoms with Crippen molar-refractivity contribution in [2.45, 2.75) is 31.6 Å². The van der Waals surface area contributed by atoms with E-state index in [1.165, 1.54) is 0 Å². The molecule has 0 aliphatic carbocycles. The van der Waals surface area contributed by atoms with E-state index in [1.807, 2.05) is 17.0 Å². The molecule has 0 spiro atoms. The number of phenols is 1. The van der Waals surface area contributed by atoms with E-state index in [4.69, 9.17) is 0 Å². The van der Waals surface area contributed by atoms with Gasteiger partial charge < -0.3 is 10.0 Å². The number of alkyl halides is 1. The Labute approximate surface area is 121 Å². The topological polar surface area (TPSA) is 40.5 Å². The number of likely N-dealkylation sites (tertiary alicyclic amines) is 1. The molecular formula is C14H18INO2. The molecule has 1 aromatic carbocycles. The lowest BCUT2D eigenvalue weighted by Crippen LogP contribution is -2.37. The van der Waals surface area contributed by atoms with Gasteiger partial charge in [-0.25, -0.2) is 0 Å². The van der Waals surface area contributed by atoms with Crippen LogP contribution in [0.5, 0.6) is 5.75 Å². The van der Waals surface area contributed by atoms with Crippen LogP contribution in [0.4, 0.5) is 0 Å². The highest BCUT2D eigenvalue weighted by Gasteiger charge is 2.46. The van der Waals surface area contributed by atoms with Crippen LogP contribution in [0.15, 0.2) is 24.3 Å². The molecule has 1 fully saturated rings. The van der Waals surface area contributed by atoms with Crippen LogP contribution in [0.3, 0.4) is 0 Å². The van der Waals surface area contributed by atoms with Crippen LogP contribution in [0.1, 0.15) is 31.7 Å². The molecule has 0 saturated carbocycles. The van der Waals surface area contributed by atoms with Gasteiger partial charge in [-0.1, -0.05) is 48.1 Å². The lowest BCUT2D eigenvalue weighted by molar-refractivity contribution is -0.131. The molecule has 1 N–H and O–H groups in total. The number of halogens is 1. The van der Waals surface area contributed by atoms with Crippen molar-refractivity contribution in [2.24, 2.45) is 0 Å². The van der Waals surface area contributed by atoms with E-state index >= 15 is 0 Å². The average Bonchev–Trinajstić information content (AvgIpc) is 2.68. The predicted molar refractivity (Wildman–Crippen MR) is 79.9 cm³/mol. The van der Waals surface area contributed by atoms with E-state index in [0.29, 0.717) is 0 Å². The van der Waals surface area contributed by atoms with Gasteiger partial charge in [-0.05, 0) is 30.5 Å². The normalized spacial score (nSPS) is 23.7. The minimum Gasteiger partial charge on any atom is -0.508 e. The van der Waals surface area contributed by atoms with Gasteiger partial charge in [0.05, 0.1) is 9.97 Å². The highest BCUT2D eigenvalue weighted by Crippen LogP contribution is 2.41. The maximum atomic E-state index is 12.6. The van der Waals surface area contributed by atoms with Crippen molar-refractivity contribution in [1.82, 2.24) is 4.90 Å². The molecule has 1 saturated heterocycles. The molecular weight excluding hydrogens is 341 g/mol. The number of amides is 1. The van der Waals surface area contributed by atoms with E-state index in [9.17, 15) is 9.90 Å². The number of hydrogen-bond donors (Lipinski definition) is 1. The first-order valence-electron chi connectivity index (χ1n) is 6.29. The van der Waals surface area contributed by atoms with Gasteiger partial charge in [-0.3, -0.25) is 4.79 Å². The minimum absolute atomic E-state index is 0.212. The molecule has 1 amide bonds. The summed E-state index contributed by atoms with van der Waals surface area (Å²) in [4.78, 5) is 14.5. The van der Waals surface area contributed by atoms with Gasteiger partial charge in [0.15, 0.2) is 0 Å². The molecule has 0 aromatic heterocycles. The van der Waals surface area contributed by atoms with Crippen molar-refractivity contribution in [1.29, 1.82) is 0 Å². The van der Waals surface area contributed by atoms with Gasteiger partial charge in [-0.2, -0.15) is 0 Å². The maximum Gasteiger partial charge on any atom is 0.233 e. The Morgan fingerprint density at radius 1 is 1.50 bits per heavy atom. The summed E-state index contributed by atoms with van der Waals surface area (Å²) >= 11 is 2.23. The summed E-state index contributed by atoms with van der Waals surface area (Å²) in [6.45, 7) is 2.92. The summed E-state index contributed by atoms with van der Waals surface area (Å²) in [7, 11) is 0. The summed E-state index contributed by atoms with van der Waals surface area (Å²) in [5.41, 5.74) is 0.542. The third-order valence-electron chi connectivity index (χ3n) is 3.72. The van der Waals surface area contributed by atoms with Crippen LogP contribution in [-0.4, -0.2) is 27.0 Å². The Hall–Kier alpha value is -0.780. The van der Waals surface area contributed by atoms with Crippen molar-refractivity contribution in [3.05, 3.63) is 29.8 Å². The van der Waals surface area contributed by atoms with Crippen molar-refractivity contribution in [3.8, 4) is 5.75 Å². The average molecular weight is 359 g/mol. The van der Waals surface area contributed by atoms with Crippen molar-refractivity contribution in [2.75, 3.05) is 11.1 Å². The summed E-state index contributed by atoms with van der Waals surface area (Å²) in [6, 6.07) is 7.18.